The van der Waals surface area contributed by atoms with Gasteiger partial charge in [0.2, 0.25) is 17.8 Å². The van der Waals surface area contributed by atoms with E-state index in [1.807, 2.05) is 13.8 Å². The summed E-state index contributed by atoms with van der Waals surface area (Å²) in [6.45, 7) is 18.9. The summed E-state index contributed by atoms with van der Waals surface area (Å²) in [7, 11) is -4.13. The first kappa shape index (κ1) is 32.7. The molecule has 2 aromatic heterocycles. The Bertz CT molecular complexity index is 1370. The fourth-order valence-electron chi connectivity index (χ4n) is 4.90. The number of rotatable bonds is 9. The molecule has 1 saturated heterocycles. The van der Waals surface area contributed by atoms with E-state index in [0.29, 0.717) is 5.92 Å². The maximum atomic E-state index is 16.3. The number of nitrogens with zero attached hydrogens (tertiary/aromatic N) is 3. The van der Waals surface area contributed by atoms with E-state index in [0.717, 1.165) is 24.8 Å². The van der Waals surface area contributed by atoms with E-state index >= 15 is 4.39 Å². The highest BCUT2D eigenvalue weighted by molar-refractivity contribution is 8.00. The van der Waals surface area contributed by atoms with Gasteiger partial charge in [-0.25, -0.2) is 9.37 Å². The Labute approximate surface area is 253 Å². The molecule has 1 aliphatic carbocycles. The number of H-pyrrole nitrogens is 1. The number of aromatic nitrogens is 4. The maximum absolute atomic E-state index is 16.3. The van der Waals surface area contributed by atoms with Gasteiger partial charge < -0.3 is 14.9 Å². The van der Waals surface area contributed by atoms with Gasteiger partial charge >= 0.3 is 7.15 Å². The van der Waals surface area contributed by atoms with Crippen molar-refractivity contribution in [2.45, 2.75) is 107 Å². The quantitative estimate of drug-likeness (QED) is 0.139. The van der Waals surface area contributed by atoms with Crippen LogP contribution in [0.2, 0.25) is 18.1 Å². The Kier molecular flexibility index (Phi) is 9.58. The highest BCUT2D eigenvalue weighted by Gasteiger charge is 2.53. The van der Waals surface area contributed by atoms with E-state index < -0.39 is 50.4 Å². The molecular weight excluding hydrogens is 605 g/mol. The van der Waals surface area contributed by atoms with Gasteiger partial charge in [-0.2, -0.15) is 17.6 Å². The van der Waals surface area contributed by atoms with Crippen LogP contribution in [-0.2, 0) is 30.0 Å². The molecule has 10 nitrogen and oxygen atoms in total. The molecule has 0 bridgehead atoms. The number of halogens is 1. The van der Waals surface area contributed by atoms with E-state index in [1.165, 1.54) is 10.9 Å². The van der Waals surface area contributed by atoms with Crippen molar-refractivity contribution in [3.05, 3.63) is 28.8 Å². The van der Waals surface area contributed by atoms with Crippen LogP contribution in [0.3, 0.4) is 0 Å². The lowest BCUT2D eigenvalue weighted by Gasteiger charge is -2.38. The number of alkyl halides is 1. The van der Waals surface area contributed by atoms with E-state index in [1.54, 1.807) is 0 Å². The molecule has 15 heteroatoms. The molecule has 1 saturated carbocycles. The van der Waals surface area contributed by atoms with Crippen molar-refractivity contribution in [2.75, 3.05) is 12.3 Å². The lowest BCUT2D eigenvalue weighted by Crippen LogP contribution is -2.44. The fraction of sp³-hybridized carbons (Fsp3) is 0.731. The molecular formula is C26H42FN5O5PS2Si+. The standard InChI is InChI=1S/C26H41FN5O5PS2Si/c1-14(2)15-9-10-26(6,39)17(11-15)36-38(40)37-20-16(12-34-41(7,8)25(3,4)5)35-23(18(20)27)32-13-29-19-21(32)30-24(28)31-22(19)33/h13,15-18,20,23H,1,9-12H2,2-8H3,(H3-,28,30,31,33,39)/p+1/t15-,16-,17+,18-,20-,23-,26+/m1/s1. The normalized spacial score (nSPS) is 31.5. The third-order valence-corrected chi connectivity index (χ3v) is 15.1. The van der Waals surface area contributed by atoms with Gasteiger partial charge in [-0.1, -0.05) is 32.9 Å². The molecule has 228 valence electrons. The first-order valence-electron chi connectivity index (χ1n) is 13.8. The number of imidazole rings is 1. The Morgan fingerprint density at radius 1 is 1.44 bits per heavy atom. The second kappa shape index (κ2) is 12.0. The molecule has 3 N–H and O–H groups in total. The molecule has 0 radical (unpaired) electrons. The second-order valence-electron chi connectivity index (χ2n) is 12.9. The number of anilines is 1. The summed E-state index contributed by atoms with van der Waals surface area (Å²) in [5, 5.41) is -0.0644. The summed E-state index contributed by atoms with van der Waals surface area (Å²) >= 11 is 10.5. The van der Waals surface area contributed by atoms with Crippen molar-refractivity contribution in [1.29, 1.82) is 0 Å². The Balaban J connectivity index is 1.59. The average molecular weight is 647 g/mol. The zero-order chi connectivity index (χ0) is 30.5. The van der Waals surface area contributed by atoms with E-state index in [9.17, 15) is 4.79 Å². The Morgan fingerprint density at radius 3 is 2.76 bits per heavy atom. The van der Waals surface area contributed by atoms with Crippen molar-refractivity contribution in [3.63, 3.8) is 0 Å². The Hall–Kier alpha value is -1.25. The number of hydrogen-bond acceptors (Lipinski definition) is 10. The van der Waals surface area contributed by atoms with Crippen molar-refractivity contribution in [1.82, 2.24) is 19.5 Å². The van der Waals surface area contributed by atoms with E-state index in [-0.39, 0.29) is 34.9 Å². The molecule has 41 heavy (non-hydrogen) atoms. The molecule has 2 fully saturated rings. The van der Waals surface area contributed by atoms with Crippen LogP contribution in [0.15, 0.2) is 23.3 Å². The monoisotopic (exact) mass is 646 g/mol. The minimum absolute atomic E-state index is 0.0275. The minimum Gasteiger partial charge on any atom is -0.414 e. The van der Waals surface area contributed by atoms with Gasteiger partial charge in [0.05, 0.1) is 12.9 Å². The SMILES string of the molecule is C=C(C)[C@@H]1CC[C@](C)(S)[C@@H](O[P+](=S)O[C@H]2[C@@H](F)[C@H](n3cnc4c(=O)[nH]c(N)nc43)O[C@@H]2CO[Si](C)(C)C(C)(C)C)C1. The predicted octanol–water partition coefficient (Wildman–Crippen LogP) is 5.57. The van der Waals surface area contributed by atoms with Gasteiger partial charge in [-0.05, 0) is 57.2 Å². The summed E-state index contributed by atoms with van der Waals surface area (Å²) in [5.41, 5.74) is 6.47. The first-order chi connectivity index (χ1) is 18.9. The van der Waals surface area contributed by atoms with Crippen molar-refractivity contribution < 1.29 is 22.6 Å². The lowest BCUT2D eigenvalue weighted by molar-refractivity contribution is -0.0413. The number of nitrogens with one attached hydrogen (secondary N) is 1. The summed E-state index contributed by atoms with van der Waals surface area (Å²) in [6, 6.07) is 0. The van der Waals surface area contributed by atoms with Crippen LogP contribution in [0.4, 0.5) is 10.3 Å². The summed E-state index contributed by atoms with van der Waals surface area (Å²) in [6.07, 6.45) is -1.19. The number of aromatic amines is 1. The van der Waals surface area contributed by atoms with Crippen LogP contribution < -0.4 is 11.3 Å². The molecule has 2 aromatic rings. The van der Waals surface area contributed by atoms with Gasteiger partial charge in [0, 0.05) is 4.75 Å². The van der Waals surface area contributed by atoms with Crippen LogP contribution in [0, 0.1) is 5.92 Å². The van der Waals surface area contributed by atoms with E-state index in [4.69, 9.17) is 48.4 Å². The largest absolute Gasteiger partial charge is 0.522 e. The first-order valence-corrected chi connectivity index (χ1v) is 19.3. The number of nitrogen functional groups attached to an aromatic ring is 1. The van der Waals surface area contributed by atoms with E-state index in [2.05, 4.69) is 55.4 Å². The Morgan fingerprint density at radius 2 is 2.12 bits per heavy atom. The third kappa shape index (κ3) is 6.95. The zero-order valence-corrected chi connectivity index (χ0v) is 28.3. The number of hydrogen-bond donors (Lipinski definition) is 3. The van der Waals surface area contributed by atoms with Crippen LogP contribution in [-0.4, -0.2) is 63.7 Å². The molecule has 0 spiro atoms. The summed E-state index contributed by atoms with van der Waals surface area (Å²) < 4.78 is 42.3. The molecule has 8 atom stereocenters. The van der Waals surface area contributed by atoms with Crippen LogP contribution in [0.25, 0.3) is 11.2 Å². The van der Waals surface area contributed by atoms with Crippen molar-refractivity contribution in [3.8, 4) is 0 Å². The minimum atomic E-state index is -2.21. The number of thiol groups is 1. The number of fused-ring (bicyclic) bond motifs is 1. The predicted molar refractivity (Wildman–Crippen MR) is 168 cm³/mol. The van der Waals surface area contributed by atoms with Crippen molar-refractivity contribution in [2.24, 2.45) is 5.92 Å². The van der Waals surface area contributed by atoms with Crippen LogP contribution >= 0.6 is 19.8 Å². The fourth-order valence-corrected chi connectivity index (χ4v) is 7.93. The second-order valence-corrected chi connectivity index (χ2v) is 20.5. The molecule has 1 unspecified atom stereocenters. The highest BCUT2D eigenvalue weighted by Crippen LogP contribution is 2.47. The summed E-state index contributed by atoms with van der Waals surface area (Å²) in [5.74, 6) is 0.191. The molecule has 0 amide bonds. The van der Waals surface area contributed by atoms with Gasteiger partial charge in [0.1, 0.15) is 12.2 Å². The van der Waals surface area contributed by atoms with Crippen LogP contribution in [0.1, 0.15) is 60.1 Å². The van der Waals surface area contributed by atoms with Crippen LogP contribution in [0.5, 0.6) is 0 Å². The molecule has 2 aliphatic rings. The summed E-state index contributed by atoms with van der Waals surface area (Å²) in [4.78, 5) is 23.0. The number of nitrogens with two attached hydrogens (primary N) is 1. The smallest absolute Gasteiger partial charge is 0.414 e. The zero-order valence-electron chi connectivity index (χ0n) is 24.7. The lowest BCUT2D eigenvalue weighted by atomic mass is 9.77. The van der Waals surface area contributed by atoms with Gasteiger partial charge in [-0.15, -0.1) is 9.05 Å². The topological polar surface area (TPSA) is 127 Å². The third-order valence-electron chi connectivity index (χ3n) is 8.72. The molecule has 1 aliphatic heterocycles. The van der Waals surface area contributed by atoms with Crippen molar-refractivity contribution >= 4 is 57.0 Å². The number of allylic oxidation sites excluding steroid dienone is 1. The van der Waals surface area contributed by atoms with Gasteiger partial charge in [0.15, 0.2) is 38.0 Å². The van der Waals surface area contributed by atoms with Gasteiger partial charge in [0.25, 0.3) is 5.56 Å². The van der Waals surface area contributed by atoms with Gasteiger partial charge in [-0.3, -0.25) is 14.3 Å². The molecule has 4 rings (SSSR count). The number of ether oxygens (including phenoxy) is 1. The highest BCUT2D eigenvalue weighted by atomic mass is 32.4. The average Bonchev–Trinajstić information content (AvgIpc) is 3.39. The molecule has 0 aromatic carbocycles. The molecule has 3 heterocycles. The maximum Gasteiger partial charge on any atom is 0.522 e.